The Hall–Kier alpha value is -2.28. The van der Waals surface area contributed by atoms with E-state index >= 15 is 0 Å². The van der Waals surface area contributed by atoms with Crippen molar-refractivity contribution in [3.63, 3.8) is 0 Å². The molecule has 7 heteroatoms. The maximum atomic E-state index is 12.9. The van der Waals surface area contributed by atoms with Gasteiger partial charge in [0.1, 0.15) is 5.82 Å². The molecule has 2 rings (SSSR count). The molecule has 0 aliphatic carbocycles. The van der Waals surface area contributed by atoms with Crippen LogP contribution in [0.15, 0.2) is 29.6 Å². The Morgan fingerprint density at radius 3 is 2.78 bits per heavy atom. The molecule has 0 saturated carbocycles. The Kier molecular flexibility index (Phi) is 3.33. The van der Waals surface area contributed by atoms with E-state index in [0.29, 0.717) is 0 Å². The van der Waals surface area contributed by atoms with Gasteiger partial charge in [-0.05, 0) is 18.2 Å². The van der Waals surface area contributed by atoms with Gasteiger partial charge in [0.25, 0.3) is 5.91 Å². The number of hydrogen-bond donors (Lipinski definition) is 2. The summed E-state index contributed by atoms with van der Waals surface area (Å²) in [4.78, 5) is 26.0. The highest BCUT2D eigenvalue weighted by molar-refractivity contribution is 7.14. The fourth-order valence-electron chi connectivity index (χ4n) is 1.23. The van der Waals surface area contributed by atoms with E-state index in [2.05, 4.69) is 10.3 Å². The summed E-state index contributed by atoms with van der Waals surface area (Å²) in [6, 6.07) is 5.17. The van der Waals surface area contributed by atoms with Crippen molar-refractivity contribution in [2.45, 2.75) is 0 Å². The number of halogens is 1. The largest absolute Gasteiger partial charge is 0.476 e. The number of hydrogen-bond acceptors (Lipinski definition) is 4. The van der Waals surface area contributed by atoms with Crippen LogP contribution >= 0.6 is 11.3 Å². The summed E-state index contributed by atoms with van der Waals surface area (Å²) in [5, 5.41) is 12.5. The van der Waals surface area contributed by atoms with E-state index in [1.54, 1.807) is 0 Å². The molecule has 0 atom stereocenters. The maximum absolute atomic E-state index is 12.9. The first kappa shape index (κ1) is 12.2. The summed E-state index contributed by atoms with van der Waals surface area (Å²) in [5.41, 5.74) is -0.00313. The number of carboxylic acid groups (broad SMARTS) is 1. The highest BCUT2D eigenvalue weighted by Gasteiger charge is 2.12. The zero-order chi connectivity index (χ0) is 13.1. The van der Waals surface area contributed by atoms with Crippen LogP contribution < -0.4 is 5.32 Å². The Labute approximate surface area is 105 Å². The summed E-state index contributed by atoms with van der Waals surface area (Å²) < 4.78 is 12.9. The number of thiazole rings is 1. The maximum Gasteiger partial charge on any atom is 0.355 e. The van der Waals surface area contributed by atoms with Crippen molar-refractivity contribution in [1.82, 2.24) is 4.98 Å². The third kappa shape index (κ3) is 2.69. The van der Waals surface area contributed by atoms with Crippen LogP contribution in [-0.2, 0) is 0 Å². The van der Waals surface area contributed by atoms with Gasteiger partial charge in [0.2, 0.25) is 0 Å². The van der Waals surface area contributed by atoms with Gasteiger partial charge in [0.05, 0.1) is 0 Å². The third-order valence-electron chi connectivity index (χ3n) is 2.03. The molecular weight excluding hydrogens is 259 g/mol. The number of aromatic carboxylic acids is 1. The molecule has 5 nitrogen and oxygen atoms in total. The van der Waals surface area contributed by atoms with Crippen molar-refractivity contribution in [2.75, 3.05) is 5.32 Å². The quantitative estimate of drug-likeness (QED) is 0.892. The van der Waals surface area contributed by atoms with Crippen molar-refractivity contribution in [2.24, 2.45) is 0 Å². The third-order valence-corrected chi connectivity index (χ3v) is 2.79. The number of aromatic nitrogens is 1. The summed E-state index contributed by atoms with van der Waals surface area (Å²) in [6.07, 6.45) is 0. The lowest BCUT2D eigenvalue weighted by molar-refractivity contribution is 0.0691. The summed E-state index contributed by atoms with van der Waals surface area (Å²) in [7, 11) is 0. The minimum Gasteiger partial charge on any atom is -0.476 e. The second-order valence-electron chi connectivity index (χ2n) is 3.31. The predicted octanol–water partition coefficient (Wildman–Crippen LogP) is 2.23. The average molecular weight is 266 g/mol. The summed E-state index contributed by atoms with van der Waals surface area (Å²) in [5.74, 6) is -2.23. The van der Waals surface area contributed by atoms with Crippen LogP contribution in [0.1, 0.15) is 20.8 Å². The lowest BCUT2D eigenvalue weighted by Gasteiger charge is -2.01. The fourth-order valence-corrected chi connectivity index (χ4v) is 1.91. The SMILES string of the molecule is O=C(Nc1nc(C(=O)O)cs1)c1cccc(F)c1. The molecule has 92 valence electrons. The molecule has 2 N–H and O–H groups in total. The minimum absolute atomic E-state index is 0.141. The highest BCUT2D eigenvalue weighted by Crippen LogP contribution is 2.16. The Balaban J connectivity index is 2.13. The number of nitrogens with zero attached hydrogens (tertiary/aromatic N) is 1. The second-order valence-corrected chi connectivity index (χ2v) is 4.17. The number of carbonyl (C=O) groups is 2. The van der Waals surface area contributed by atoms with E-state index in [9.17, 15) is 14.0 Å². The van der Waals surface area contributed by atoms with Gasteiger partial charge < -0.3 is 5.11 Å². The van der Waals surface area contributed by atoms with Gasteiger partial charge in [-0.3, -0.25) is 10.1 Å². The normalized spacial score (nSPS) is 10.1. The molecule has 0 fully saturated rings. The number of nitrogens with one attached hydrogen (secondary N) is 1. The number of carboxylic acids is 1. The van der Waals surface area contributed by atoms with Crippen molar-refractivity contribution < 1.29 is 19.1 Å². The molecule has 1 amide bonds. The van der Waals surface area contributed by atoms with Gasteiger partial charge in [-0.15, -0.1) is 11.3 Å². The molecule has 0 unspecified atom stereocenters. The Morgan fingerprint density at radius 1 is 1.39 bits per heavy atom. The highest BCUT2D eigenvalue weighted by atomic mass is 32.1. The number of anilines is 1. The zero-order valence-corrected chi connectivity index (χ0v) is 9.70. The zero-order valence-electron chi connectivity index (χ0n) is 8.88. The second kappa shape index (κ2) is 4.92. The molecule has 0 saturated heterocycles. The average Bonchev–Trinajstić information content (AvgIpc) is 2.77. The number of rotatable bonds is 3. The molecule has 1 heterocycles. The lowest BCUT2D eigenvalue weighted by Crippen LogP contribution is -2.12. The number of carbonyl (C=O) groups excluding carboxylic acids is 1. The molecule has 0 spiro atoms. The van der Waals surface area contributed by atoms with E-state index in [-0.39, 0.29) is 16.4 Å². The molecule has 1 aromatic heterocycles. The predicted molar refractivity (Wildman–Crippen MR) is 63.4 cm³/mol. The van der Waals surface area contributed by atoms with Crippen molar-refractivity contribution in [1.29, 1.82) is 0 Å². The van der Waals surface area contributed by atoms with Crippen LogP contribution in [-0.4, -0.2) is 22.0 Å². The van der Waals surface area contributed by atoms with E-state index < -0.39 is 17.7 Å². The smallest absolute Gasteiger partial charge is 0.355 e. The Morgan fingerprint density at radius 2 is 2.17 bits per heavy atom. The van der Waals surface area contributed by atoms with E-state index in [4.69, 9.17) is 5.11 Å². The van der Waals surface area contributed by atoms with Gasteiger partial charge in [-0.25, -0.2) is 14.2 Å². The van der Waals surface area contributed by atoms with E-state index in [0.717, 1.165) is 17.4 Å². The molecule has 2 aromatic rings. The topological polar surface area (TPSA) is 79.3 Å². The first-order valence-corrected chi connectivity index (χ1v) is 5.70. The molecule has 1 aromatic carbocycles. The van der Waals surface area contributed by atoms with Gasteiger partial charge in [0, 0.05) is 10.9 Å². The van der Waals surface area contributed by atoms with Crippen LogP contribution in [0.3, 0.4) is 0 Å². The van der Waals surface area contributed by atoms with Gasteiger partial charge in [-0.2, -0.15) is 0 Å². The van der Waals surface area contributed by atoms with Crippen LogP contribution in [0.2, 0.25) is 0 Å². The van der Waals surface area contributed by atoms with Crippen LogP contribution in [0.25, 0.3) is 0 Å². The van der Waals surface area contributed by atoms with Crippen LogP contribution in [0.4, 0.5) is 9.52 Å². The van der Waals surface area contributed by atoms with Crippen molar-refractivity contribution in [3.8, 4) is 0 Å². The summed E-state index contributed by atoms with van der Waals surface area (Å²) in [6.45, 7) is 0. The first-order valence-electron chi connectivity index (χ1n) is 4.82. The molecular formula is C11H7FN2O3S. The molecule has 18 heavy (non-hydrogen) atoms. The standard InChI is InChI=1S/C11H7FN2O3S/c12-7-3-1-2-6(4-7)9(15)14-11-13-8(5-18-11)10(16)17/h1-5H,(H,16,17)(H,13,14,15). The van der Waals surface area contributed by atoms with Crippen molar-refractivity contribution in [3.05, 3.63) is 46.7 Å². The lowest BCUT2D eigenvalue weighted by atomic mass is 10.2. The van der Waals surface area contributed by atoms with Gasteiger partial charge in [0.15, 0.2) is 10.8 Å². The van der Waals surface area contributed by atoms with Crippen molar-refractivity contribution >= 4 is 28.3 Å². The molecule has 0 radical (unpaired) electrons. The summed E-state index contributed by atoms with van der Waals surface area (Å²) >= 11 is 0.987. The van der Waals surface area contributed by atoms with Gasteiger partial charge >= 0.3 is 5.97 Å². The molecule has 0 bridgehead atoms. The van der Waals surface area contributed by atoms with Crippen LogP contribution in [0, 0.1) is 5.82 Å². The minimum atomic E-state index is -1.17. The van der Waals surface area contributed by atoms with Gasteiger partial charge in [-0.1, -0.05) is 6.07 Å². The monoisotopic (exact) mass is 266 g/mol. The number of benzene rings is 1. The van der Waals surface area contributed by atoms with E-state index in [1.165, 1.54) is 23.6 Å². The molecule has 0 aliphatic rings. The fraction of sp³-hybridized carbons (Fsp3) is 0. The first-order chi connectivity index (χ1) is 8.56. The van der Waals surface area contributed by atoms with E-state index in [1.807, 2.05) is 0 Å². The molecule has 0 aliphatic heterocycles. The van der Waals surface area contributed by atoms with Crippen LogP contribution in [0.5, 0.6) is 0 Å². The number of amides is 1. The Bertz CT molecular complexity index is 612.